The summed E-state index contributed by atoms with van der Waals surface area (Å²) in [7, 11) is 2.17. The van der Waals surface area contributed by atoms with Gasteiger partial charge in [-0.05, 0) is 51.4 Å². The Kier molecular flexibility index (Phi) is 7.26. The monoisotopic (exact) mass is 373 g/mol. The topological polar surface area (TPSA) is 59.8 Å². The fourth-order valence-corrected chi connectivity index (χ4v) is 3.45. The molecule has 1 N–H and O–H groups in total. The average Bonchev–Trinajstić information content (AvgIpc) is 3.01. The van der Waals surface area contributed by atoms with Gasteiger partial charge in [0.2, 0.25) is 0 Å². The predicted molar refractivity (Wildman–Crippen MR) is 105 cm³/mol. The number of nitrogens with one attached hydrogen (secondary N) is 1. The third-order valence-corrected chi connectivity index (χ3v) is 5.24. The van der Waals surface area contributed by atoms with E-state index in [9.17, 15) is 0 Å². The van der Waals surface area contributed by atoms with E-state index in [2.05, 4.69) is 34.6 Å². The first kappa shape index (κ1) is 19.9. The Labute approximate surface area is 161 Å². The highest BCUT2D eigenvalue weighted by Crippen LogP contribution is 2.16. The fraction of sp³-hybridized carbons (Fsp3) is 0.571. The number of aryl methyl sites for hydroxylation is 2. The molecule has 2 aromatic rings. The van der Waals surface area contributed by atoms with Gasteiger partial charge in [0, 0.05) is 44.5 Å². The molecule has 3 rings (SSSR count). The molecule has 1 aliphatic heterocycles. The van der Waals surface area contributed by atoms with Gasteiger partial charge >= 0.3 is 0 Å². The number of hydrogen-bond acceptors (Lipinski definition) is 6. The van der Waals surface area contributed by atoms with E-state index in [0.29, 0.717) is 12.6 Å². The van der Waals surface area contributed by atoms with E-state index in [-0.39, 0.29) is 0 Å². The molecule has 0 aliphatic carbocycles. The number of likely N-dealkylation sites (N-methyl/N-ethyl adjacent to an activating group) is 1. The van der Waals surface area contributed by atoms with Crippen LogP contribution in [0.2, 0.25) is 0 Å². The molecule has 6 nitrogen and oxygen atoms in total. The van der Waals surface area contributed by atoms with Crippen molar-refractivity contribution in [2.45, 2.75) is 45.8 Å². The lowest BCUT2D eigenvalue weighted by molar-refractivity contribution is 0.0392. The van der Waals surface area contributed by atoms with Crippen LogP contribution >= 0.6 is 0 Å². The minimum absolute atomic E-state index is 0.613. The first-order valence-corrected chi connectivity index (χ1v) is 9.75. The highest BCUT2D eigenvalue weighted by Gasteiger charge is 2.18. The van der Waals surface area contributed by atoms with Gasteiger partial charge in [0.1, 0.15) is 18.1 Å². The Morgan fingerprint density at radius 2 is 2.04 bits per heavy atom. The molecule has 0 amide bonds. The van der Waals surface area contributed by atoms with Crippen molar-refractivity contribution >= 4 is 0 Å². The standard InChI is InChI=1S/C21H31N3O3/c1-16-21(17(2)27-23-16)15-22-14-18-5-4-6-20(13-18)26-12-9-24(3)19-7-10-25-11-8-19/h4-6,13,19,22H,7-12,14-15H2,1-3H3. The molecule has 0 atom stereocenters. The third-order valence-electron chi connectivity index (χ3n) is 5.24. The minimum atomic E-state index is 0.613. The van der Waals surface area contributed by atoms with Crippen LogP contribution in [0.5, 0.6) is 5.75 Å². The van der Waals surface area contributed by atoms with Crippen molar-refractivity contribution in [3.63, 3.8) is 0 Å². The third kappa shape index (κ3) is 5.79. The van der Waals surface area contributed by atoms with Crippen LogP contribution in [0.3, 0.4) is 0 Å². The zero-order valence-corrected chi connectivity index (χ0v) is 16.7. The van der Waals surface area contributed by atoms with Crippen molar-refractivity contribution in [3.8, 4) is 5.75 Å². The lowest BCUT2D eigenvalue weighted by Crippen LogP contribution is -2.38. The molecule has 1 aromatic carbocycles. The second kappa shape index (κ2) is 9.88. The molecule has 1 aromatic heterocycles. The van der Waals surface area contributed by atoms with E-state index >= 15 is 0 Å². The highest BCUT2D eigenvalue weighted by molar-refractivity contribution is 5.28. The summed E-state index contributed by atoms with van der Waals surface area (Å²) in [5.41, 5.74) is 3.29. The molecule has 148 valence electrons. The van der Waals surface area contributed by atoms with Crippen LogP contribution in [0.1, 0.15) is 35.4 Å². The molecule has 0 radical (unpaired) electrons. The normalized spacial score (nSPS) is 15.4. The van der Waals surface area contributed by atoms with Gasteiger partial charge < -0.3 is 19.3 Å². The first-order chi connectivity index (χ1) is 13.1. The Morgan fingerprint density at radius 1 is 1.22 bits per heavy atom. The molecule has 1 saturated heterocycles. The maximum Gasteiger partial charge on any atom is 0.138 e. The minimum Gasteiger partial charge on any atom is -0.492 e. The van der Waals surface area contributed by atoms with E-state index in [1.165, 1.54) is 5.56 Å². The second-order valence-electron chi connectivity index (χ2n) is 7.23. The van der Waals surface area contributed by atoms with Crippen LogP contribution < -0.4 is 10.1 Å². The number of aromatic nitrogens is 1. The maximum atomic E-state index is 5.97. The Balaban J connectivity index is 1.41. The number of ether oxygens (including phenoxy) is 2. The van der Waals surface area contributed by atoms with Gasteiger partial charge in [0.25, 0.3) is 0 Å². The first-order valence-electron chi connectivity index (χ1n) is 9.75. The zero-order valence-electron chi connectivity index (χ0n) is 16.7. The molecule has 0 spiro atoms. The summed E-state index contributed by atoms with van der Waals surface area (Å²) in [6.07, 6.45) is 2.23. The molecule has 0 bridgehead atoms. The van der Waals surface area contributed by atoms with Crippen LogP contribution in [0.15, 0.2) is 28.8 Å². The van der Waals surface area contributed by atoms with Crippen molar-refractivity contribution in [2.75, 3.05) is 33.4 Å². The van der Waals surface area contributed by atoms with Gasteiger partial charge in [-0.25, -0.2) is 0 Å². The number of rotatable bonds is 9. The van der Waals surface area contributed by atoms with E-state index in [4.69, 9.17) is 14.0 Å². The van der Waals surface area contributed by atoms with Gasteiger partial charge in [0.05, 0.1) is 5.69 Å². The lowest BCUT2D eigenvalue weighted by atomic mass is 10.1. The molecule has 0 saturated carbocycles. The Bertz CT molecular complexity index is 691. The Morgan fingerprint density at radius 3 is 2.78 bits per heavy atom. The van der Waals surface area contributed by atoms with E-state index in [1.807, 2.05) is 26.0 Å². The molecule has 1 fully saturated rings. The van der Waals surface area contributed by atoms with Crippen molar-refractivity contribution in [3.05, 3.63) is 46.8 Å². The molecule has 6 heteroatoms. The maximum absolute atomic E-state index is 5.97. The summed E-state index contributed by atoms with van der Waals surface area (Å²) in [5, 5.41) is 7.45. The number of hydrogen-bond donors (Lipinski definition) is 1. The van der Waals surface area contributed by atoms with Crippen LogP contribution in [0, 0.1) is 13.8 Å². The van der Waals surface area contributed by atoms with E-state index in [0.717, 1.165) is 68.5 Å². The van der Waals surface area contributed by atoms with Gasteiger partial charge in [-0.3, -0.25) is 4.90 Å². The SMILES string of the molecule is Cc1noc(C)c1CNCc1cccc(OCCN(C)C2CCOCC2)c1. The molecule has 1 aliphatic rings. The van der Waals surface area contributed by atoms with Gasteiger partial charge in [0.15, 0.2) is 0 Å². The van der Waals surface area contributed by atoms with Gasteiger partial charge in [-0.1, -0.05) is 17.3 Å². The summed E-state index contributed by atoms with van der Waals surface area (Å²) in [4.78, 5) is 2.39. The smallest absolute Gasteiger partial charge is 0.138 e. The molecular formula is C21H31N3O3. The highest BCUT2D eigenvalue weighted by atomic mass is 16.5. The molecular weight excluding hydrogens is 342 g/mol. The van der Waals surface area contributed by atoms with Crippen LogP contribution in [-0.4, -0.2) is 49.5 Å². The van der Waals surface area contributed by atoms with Gasteiger partial charge in [-0.2, -0.15) is 0 Å². The summed E-state index contributed by atoms with van der Waals surface area (Å²) in [6.45, 7) is 8.83. The zero-order chi connectivity index (χ0) is 19.1. The van der Waals surface area contributed by atoms with Crippen molar-refractivity contribution in [2.24, 2.45) is 0 Å². The average molecular weight is 373 g/mol. The van der Waals surface area contributed by atoms with Crippen LogP contribution in [0.25, 0.3) is 0 Å². The van der Waals surface area contributed by atoms with Crippen molar-refractivity contribution < 1.29 is 14.0 Å². The van der Waals surface area contributed by atoms with Crippen molar-refractivity contribution in [1.29, 1.82) is 0 Å². The predicted octanol–water partition coefficient (Wildman–Crippen LogP) is 3.07. The number of benzene rings is 1. The summed E-state index contributed by atoms with van der Waals surface area (Å²) >= 11 is 0. The summed E-state index contributed by atoms with van der Waals surface area (Å²) in [5.74, 6) is 1.80. The fourth-order valence-electron chi connectivity index (χ4n) is 3.45. The number of nitrogens with zero attached hydrogens (tertiary/aromatic N) is 2. The van der Waals surface area contributed by atoms with E-state index in [1.54, 1.807) is 0 Å². The lowest BCUT2D eigenvalue weighted by Gasteiger charge is -2.31. The summed E-state index contributed by atoms with van der Waals surface area (Å²) in [6, 6.07) is 8.90. The van der Waals surface area contributed by atoms with Crippen LogP contribution in [0.4, 0.5) is 0 Å². The van der Waals surface area contributed by atoms with Crippen LogP contribution in [-0.2, 0) is 17.8 Å². The van der Waals surface area contributed by atoms with Gasteiger partial charge in [-0.15, -0.1) is 0 Å². The largest absolute Gasteiger partial charge is 0.492 e. The van der Waals surface area contributed by atoms with E-state index < -0.39 is 0 Å². The molecule has 2 heterocycles. The Hall–Kier alpha value is -1.89. The summed E-state index contributed by atoms with van der Waals surface area (Å²) < 4.78 is 16.6. The quantitative estimate of drug-likeness (QED) is 0.729. The van der Waals surface area contributed by atoms with Crippen molar-refractivity contribution in [1.82, 2.24) is 15.4 Å². The second-order valence-corrected chi connectivity index (χ2v) is 7.23. The molecule has 27 heavy (non-hydrogen) atoms. The molecule has 0 unspecified atom stereocenters.